The number of hydrogen-bond donors (Lipinski definition) is 1. The Morgan fingerprint density at radius 1 is 1.37 bits per heavy atom. The first-order valence-electron chi connectivity index (χ1n) is 7.32. The number of nitrogens with zero attached hydrogens (tertiary/aromatic N) is 2. The number of aliphatic hydroxyl groups is 1. The van der Waals surface area contributed by atoms with E-state index in [4.69, 9.17) is 0 Å². The van der Waals surface area contributed by atoms with E-state index >= 15 is 0 Å². The molecule has 2 aromatic rings. The van der Waals surface area contributed by atoms with Crippen molar-refractivity contribution in [3.63, 3.8) is 0 Å². The molecule has 3 unspecified atom stereocenters. The van der Waals surface area contributed by atoms with E-state index in [9.17, 15) is 5.11 Å². The van der Waals surface area contributed by atoms with E-state index in [0.29, 0.717) is 12.5 Å². The lowest BCUT2D eigenvalue weighted by Gasteiger charge is -2.30. The van der Waals surface area contributed by atoms with Crippen molar-refractivity contribution in [2.75, 3.05) is 0 Å². The molecule has 19 heavy (non-hydrogen) atoms. The van der Waals surface area contributed by atoms with Crippen LogP contribution in [0.4, 0.5) is 0 Å². The van der Waals surface area contributed by atoms with Gasteiger partial charge in [0.1, 0.15) is 0 Å². The summed E-state index contributed by atoms with van der Waals surface area (Å²) in [6.45, 7) is 2.96. The SMILES string of the molecule is CC1CCCC(C(O)Cn2cnc3ccccc32)C1. The van der Waals surface area contributed by atoms with Gasteiger partial charge in [-0.05, 0) is 36.8 Å². The van der Waals surface area contributed by atoms with Crippen LogP contribution in [0.25, 0.3) is 11.0 Å². The van der Waals surface area contributed by atoms with Gasteiger partial charge in [-0.15, -0.1) is 0 Å². The molecule has 1 heterocycles. The Balaban J connectivity index is 1.73. The zero-order valence-corrected chi connectivity index (χ0v) is 11.5. The van der Waals surface area contributed by atoms with Crippen molar-refractivity contribution in [3.8, 4) is 0 Å². The van der Waals surface area contributed by atoms with E-state index in [0.717, 1.165) is 29.8 Å². The van der Waals surface area contributed by atoms with E-state index in [-0.39, 0.29) is 6.10 Å². The van der Waals surface area contributed by atoms with Crippen LogP contribution >= 0.6 is 0 Å². The van der Waals surface area contributed by atoms with Gasteiger partial charge < -0.3 is 9.67 Å². The number of imidazole rings is 1. The van der Waals surface area contributed by atoms with Crippen molar-refractivity contribution in [2.45, 2.75) is 45.3 Å². The predicted octanol–water partition coefficient (Wildman–Crippen LogP) is 3.22. The highest BCUT2D eigenvalue weighted by Crippen LogP contribution is 2.31. The number of hydrogen-bond acceptors (Lipinski definition) is 2. The largest absolute Gasteiger partial charge is 0.391 e. The number of para-hydroxylation sites is 2. The van der Waals surface area contributed by atoms with Gasteiger partial charge in [0.2, 0.25) is 0 Å². The van der Waals surface area contributed by atoms with Crippen molar-refractivity contribution in [2.24, 2.45) is 11.8 Å². The molecule has 0 saturated heterocycles. The fourth-order valence-corrected chi connectivity index (χ4v) is 3.34. The van der Waals surface area contributed by atoms with Gasteiger partial charge in [0.05, 0.1) is 30.0 Å². The summed E-state index contributed by atoms with van der Waals surface area (Å²) in [5.41, 5.74) is 2.12. The van der Waals surface area contributed by atoms with Gasteiger partial charge in [-0.2, -0.15) is 0 Å². The Labute approximate surface area is 114 Å². The van der Waals surface area contributed by atoms with Crippen LogP contribution in [-0.2, 0) is 6.54 Å². The highest BCUT2D eigenvalue weighted by Gasteiger charge is 2.25. The summed E-state index contributed by atoms with van der Waals surface area (Å²) in [5, 5.41) is 10.5. The number of rotatable bonds is 3. The van der Waals surface area contributed by atoms with Crippen molar-refractivity contribution in [1.29, 1.82) is 0 Å². The topological polar surface area (TPSA) is 38.0 Å². The van der Waals surface area contributed by atoms with E-state index in [1.54, 1.807) is 0 Å². The molecule has 3 heteroatoms. The van der Waals surface area contributed by atoms with Crippen LogP contribution in [0.15, 0.2) is 30.6 Å². The quantitative estimate of drug-likeness (QED) is 0.918. The molecule has 1 aromatic carbocycles. The monoisotopic (exact) mass is 258 g/mol. The van der Waals surface area contributed by atoms with Crippen LogP contribution in [0.2, 0.25) is 0 Å². The molecule has 3 rings (SSSR count). The van der Waals surface area contributed by atoms with Crippen molar-refractivity contribution < 1.29 is 5.11 Å². The van der Waals surface area contributed by atoms with Crippen LogP contribution < -0.4 is 0 Å². The van der Waals surface area contributed by atoms with E-state index in [1.807, 2.05) is 24.5 Å². The van der Waals surface area contributed by atoms with Crippen LogP contribution in [0, 0.1) is 11.8 Å². The molecule has 0 amide bonds. The zero-order valence-electron chi connectivity index (χ0n) is 11.5. The maximum Gasteiger partial charge on any atom is 0.0959 e. The highest BCUT2D eigenvalue weighted by atomic mass is 16.3. The molecular formula is C16H22N2O. The average Bonchev–Trinajstić information content (AvgIpc) is 2.82. The molecule has 1 aliphatic carbocycles. The number of aliphatic hydroxyl groups excluding tert-OH is 1. The first kappa shape index (κ1) is 12.7. The predicted molar refractivity (Wildman–Crippen MR) is 76.9 cm³/mol. The average molecular weight is 258 g/mol. The second kappa shape index (κ2) is 5.33. The first-order valence-corrected chi connectivity index (χ1v) is 7.32. The molecule has 1 fully saturated rings. The molecule has 1 N–H and O–H groups in total. The lowest BCUT2D eigenvalue weighted by Crippen LogP contribution is -2.29. The maximum atomic E-state index is 10.5. The summed E-state index contributed by atoms with van der Waals surface area (Å²) < 4.78 is 2.08. The van der Waals surface area contributed by atoms with Crippen LogP contribution in [0.3, 0.4) is 0 Å². The molecule has 1 saturated carbocycles. The van der Waals surface area contributed by atoms with Crippen molar-refractivity contribution >= 4 is 11.0 Å². The lowest BCUT2D eigenvalue weighted by molar-refractivity contribution is 0.0587. The van der Waals surface area contributed by atoms with Gasteiger partial charge in [-0.3, -0.25) is 0 Å². The summed E-state index contributed by atoms with van der Waals surface area (Å²) in [6.07, 6.45) is 6.50. The first-order chi connectivity index (χ1) is 9.24. The molecule has 0 aliphatic heterocycles. The Kier molecular flexibility index (Phi) is 3.56. The molecule has 0 radical (unpaired) electrons. The van der Waals surface area contributed by atoms with Gasteiger partial charge in [0.25, 0.3) is 0 Å². The highest BCUT2D eigenvalue weighted by molar-refractivity contribution is 5.74. The molecule has 0 bridgehead atoms. The van der Waals surface area contributed by atoms with Gasteiger partial charge in [0.15, 0.2) is 0 Å². The van der Waals surface area contributed by atoms with Crippen molar-refractivity contribution in [3.05, 3.63) is 30.6 Å². The summed E-state index contributed by atoms with van der Waals surface area (Å²) in [6, 6.07) is 8.11. The van der Waals surface area contributed by atoms with E-state index in [2.05, 4.69) is 22.5 Å². The van der Waals surface area contributed by atoms with Gasteiger partial charge >= 0.3 is 0 Å². The lowest BCUT2D eigenvalue weighted by atomic mass is 9.79. The Bertz CT molecular complexity index is 548. The minimum atomic E-state index is -0.250. The second-order valence-corrected chi connectivity index (χ2v) is 5.98. The second-order valence-electron chi connectivity index (χ2n) is 5.98. The smallest absolute Gasteiger partial charge is 0.0959 e. The standard InChI is InChI=1S/C16H22N2O/c1-12-5-4-6-13(9-12)16(19)10-18-11-17-14-7-2-3-8-15(14)18/h2-3,7-8,11-13,16,19H,4-6,9-10H2,1H3. The van der Waals surface area contributed by atoms with Crippen LogP contribution in [0.5, 0.6) is 0 Å². The molecule has 102 valence electrons. The van der Waals surface area contributed by atoms with Crippen molar-refractivity contribution in [1.82, 2.24) is 9.55 Å². The third kappa shape index (κ3) is 2.66. The Morgan fingerprint density at radius 2 is 2.21 bits per heavy atom. The summed E-state index contributed by atoms with van der Waals surface area (Å²) >= 11 is 0. The summed E-state index contributed by atoms with van der Waals surface area (Å²) in [4.78, 5) is 4.38. The fraction of sp³-hybridized carbons (Fsp3) is 0.562. The minimum absolute atomic E-state index is 0.250. The Morgan fingerprint density at radius 3 is 3.05 bits per heavy atom. The van der Waals surface area contributed by atoms with Crippen LogP contribution in [-0.4, -0.2) is 20.8 Å². The van der Waals surface area contributed by atoms with Crippen LogP contribution in [0.1, 0.15) is 32.6 Å². The molecule has 3 atom stereocenters. The van der Waals surface area contributed by atoms with Gasteiger partial charge in [-0.25, -0.2) is 4.98 Å². The zero-order chi connectivity index (χ0) is 13.2. The van der Waals surface area contributed by atoms with E-state index in [1.165, 1.54) is 12.8 Å². The van der Waals surface area contributed by atoms with Gasteiger partial charge in [0, 0.05) is 0 Å². The van der Waals surface area contributed by atoms with Gasteiger partial charge in [-0.1, -0.05) is 31.9 Å². The maximum absolute atomic E-state index is 10.5. The molecule has 1 aliphatic rings. The molecular weight excluding hydrogens is 236 g/mol. The normalized spacial score (nSPS) is 25.6. The molecule has 1 aromatic heterocycles. The minimum Gasteiger partial charge on any atom is -0.391 e. The third-order valence-corrected chi connectivity index (χ3v) is 4.43. The molecule has 3 nitrogen and oxygen atoms in total. The number of benzene rings is 1. The fourth-order valence-electron chi connectivity index (χ4n) is 3.34. The summed E-state index contributed by atoms with van der Waals surface area (Å²) in [7, 11) is 0. The Hall–Kier alpha value is -1.35. The van der Waals surface area contributed by atoms with E-state index < -0.39 is 0 Å². The third-order valence-electron chi connectivity index (χ3n) is 4.43. The molecule has 0 spiro atoms. The number of aromatic nitrogens is 2. The summed E-state index contributed by atoms with van der Waals surface area (Å²) in [5.74, 6) is 1.21. The number of fused-ring (bicyclic) bond motifs is 1.